The molecule has 6 heteroatoms. The average molecular weight is 348 g/mol. The Hall–Kier alpha value is -3.28. The van der Waals surface area contributed by atoms with Crippen LogP contribution >= 0.6 is 0 Å². The molecule has 0 radical (unpaired) electrons. The number of anilines is 1. The van der Waals surface area contributed by atoms with E-state index in [1.165, 1.54) is 35.0 Å². The van der Waals surface area contributed by atoms with Crippen LogP contribution in [0.4, 0.5) is 10.2 Å². The molecule has 0 fully saturated rings. The molecule has 3 aromatic rings. The van der Waals surface area contributed by atoms with E-state index in [4.69, 9.17) is 0 Å². The molecule has 0 aliphatic carbocycles. The van der Waals surface area contributed by atoms with Gasteiger partial charge in [-0.2, -0.15) is 0 Å². The minimum atomic E-state index is -0.374. The maximum Gasteiger partial charge on any atom is 0.256 e. The Morgan fingerprint density at radius 3 is 2.81 bits per heavy atom. The number of hydrogen-bond acceptors (Lipinski definition) is 3. The van der Waals surface area contributed by atoms with Gasteiger partial charge >= 0.3 is 0 Å². The van der Waals surface area contributed by atoms with Crippen molar-refractivity contribution in [2.24, 2.45) is 4.99 Å². The number of carbonyl (C=O) groups excluding carboxylic acids is 1. The van der Waals surface area contributed by atoms with Gasteiger partial charge in [0, 0.05) is 36.1 Å². The summed E-state index contributed by atoms with van der Waals surface area (Å²) in [5.41, 5.74) is 3.57. The van der Waals surface area contributed by atoms with Gasteiger partial charge in [-0.05, 0) is 47.9 Å². The maximum absolute atomic E-state index is 12.9. The molecule has 2 N–H and O–H groups in total. The molecular formula is C20H17FN4O. The Labute approximate surface area is 149 Å². The summed E-state index contributed by atoms with van der Waals surface area (Å²) in [6.07, 6.45) is 7.65. The molecule has 0 saturated heterocycles. The van der Waals surface area contributed by atoms with Crippen LogP contribution in [0.5, 0.6) is 0 Å². The summed E-state index contributed by atoms with van der Waals surface area (Å²) in [5, 5.41) is 3.89. The number of benzene rings is 1. The van der Waals surface area contributed by atoms with Crippen molar-refractivity contribution in [1.82, 2.24) is 9.97 Å². The van der Waals surface area contributed by atoms with E-state index in [0.29, 0.717) is 11.4 Å². The number of carbonyl (C=O) groups is 1. The lowest BCUT2D eigenvalue weighted by Gasteiger charge is -2.06. The number of aromatic nitrogens is 2. The molecule has 4 rings (SSSR count). The van der Waals surface area contributed by atoms with Gasteiger partial charge < -0.3 is 10.3 Å². The Morgan fingerprint density at radius 1 is 1.19 bits per heavy atom. The molecule has 1 aliphatic rings. The number of hydrogen-bond donors (Lipinski definition) is 2. The van der Waals surface area contributed by atoms with E-state index in [2.05, 4.69) is 26.4 Å². The number of aromatic amines is 1. The van der Waals surface area contributed by atoms with Crippen molar-refractivity contribution in [1.29, 1.82) is 0 Å². The number of pyridine rings is 1. The number of fused-ring (bicyclic) bond motifs is 1. The predicted octanol–water partition coefficient (Wildman–Crippen LogP) is 2.20. The number of rotatable bonds is 4. The summed E-state index contributed by atoms with van der Waals surface area (Å²) >= 11 is 0. The number of halogens is 1. The third-order valence-corrected chi connectivity index (χ3v) is 4.30. The lowest BCUT2D eigenvalue weighted by atomic mass is 10.1. The van der Waals surface area contributed by atoms with Crippen molar-refractivity contribution < 1.29 is 9.18 Å². The van der Waals surface area contributed by atoms with Gasteiger partial charge in [0.2, 0.25) is 0 Å². The van der Waals surface area contributed by atoms with Gasteiger partial charge in [-0.25, -0.2) is 9.37 Å². The van der Waals surface area contributed by atoms with Crippen LogP contribution in [0.2, 0.25) is 0 Å². The van der Waals surface area contributed by atoms with E-state index >= 15 is 0 Å². The van der Waals surface area contributed by atoms with Crippen LogP contribution < -0.4 is 16.0 Å². The predicted molar refractivity (Wildman–Crippen MR) is 96.9 cm³/mol. The fourth-order valence-electron chi connectivity index (χ4n) is 2.97. The minimum absolute atomic E-state index is 0.318. The van der Waals surface area contributed by atoms with Gasteiger partial charge in [-0.3, -0.25) is 9.79 Å². The van der Waals surface area contributed by atoms with Crippen molar-refractivity contribution in [2.75, 3.05) is 11.9 Å². The molecule has 0 atom stereocenters. The Bertz CT molecular complexity index is 1050. The second-order valence-electron chi connectivity index (χ2n) is 6.14. The lowest BCUT2D eigenvalue weighted by Crippen LogP contribution is -2.28. The van der Waals surface area contributed by atoms with Gasteiger partial charge in [-0.1, -0.05) is 12.1 Å². The highest BCUT2D eigenvalue weighted by Gasteiger charge is 2.08. The highest BCUT2D eigenvalue weighted by molar-refractivity contribution is 6.03. The van der Waals surface area contributed by atoms with Crippen molar-refractivity contribution in [3.05, 3.63) is 82.0 Å². The van der Waals surface area contributed by atoms with Crippen LogP contribution in [0.25, 0.3) is 6.08 Å². The SMILES string of the molecule is O=C(Nc1ccc(Cc2c[nH]c3c2=CCCN=3)cn1)c1ccc(F)cc1. The van der Waals surface area contributed by atoms with E-state index in [9.17, 15) is 9.18 Å². The molecule has 1 aromatic carbocycles. The van der Waals surface area contributed by atoms with Crippen molar-refractivity contribution in [3.63, 3.8) is 0 Å². The normalized spacial score (nSPS) is 12.7. The largest absolute Gasteiger partial charge is 0.346 e. The van der Waals surface area contributed by atoms with Gasteiger partial charge in [-0.15, -0.1) is 0 Å². The average Bonchev–Trinajstić information content (AvgIpc) is 3.07. The Kier molecular flexibility index (Phi) is 4.31. The van der Waals surface area contributed by atoms with E-state index < -0.39 is 0 Å². The molecule has 0 spiro atoms. The first kappa shape index (κ1) is 16.2. The quantitative estimate of drug-likeness (QED) is 0.759. The summed E-state index contributed by atoms with van der Waals surface area (Å²) in [5.74, 6) is -0.233. The zero-order valence-electron chi connectivity index (χ0n) is 14.0. The summed E-state index contributed by atoms with van der Waals surface area (Å²) in [6.45, 7) is 0.830. The molecule has 0 saturated carbocycles. The Morgan fingerprint density at radius 2 is 2.04 bits per heavy atom. The van der Waals surface area contributed by atoms with E-state index in [-0.39, 0.29) is 11.7 Å². The first-order valence-corrected chi connectivity index (χ1v) is 8.42. The lowest BCUT2D eigenvalue weighted by molar-refractivity contribution is 0.102. The van der Waals surface area contributed by atoms with Gasteiger partial charge in [0.25, 0.3) is 5.91 Å². The van der Waals surface area contributed by atoms with Crippen LogP contribution in [0.3, 0.4) is 0 Å². The van der Waals surface area contributed by atoms with Gasteiger partial charge in [0.05, 0.1) is 0 Å². The summed E-state index contributed by atoms with van der Waals surface area (Å²) in [4.78, 5) is 24.1. The van der Waals surface area contributed by atoms with E-state index in [1.54, 1.807) is 12.3 Å². The molecule has 0 unspecified atom stereocenters. The molecule has 1 aliphatic heterocycles. The summed E-state index contributed by atoms with van der Waals surface area (Å²) in [6, 6.07) is 9.10. The first-order valence-electron chi connectivity index (χ1n) is 8.42. The Balaban J connectivity index is 1.46. The van der Waals surface area contributed by atoms with Gasteiger partial charge in [0.1, 0.15) is 17.1 Å². The summed E-state index contributed by atoms with van der Waals surface area (Å²) < 4.78 is 12.9. The van der Waals surface area contributed by atoms with Crippen LogP contribution in [0.1, 0.15) is 27.9 Å². The van der Waals surface area contributed by atoms with Crippen molar-refractivity contribution >= 4 is 17.8 Å². The third kappa shape index (κ3) is 3.39. The first-order chi connectivity index (χ1) is 12.7. The molecule has 1 amide bonds. The molecule has 130 valence electrons. The smallest absolute Gasteiger partial charge is 0.256 e. The molecular weight excluding hydrogens is 331 g/mol. The number of nitrogens with one attached hydrogen (secondary N) is 2. The molecule has 26 heavy (non-hydrogen) atoms. The van der Waals surface area contributed by atoms with Crippen molar-refractivity contribution in [2.45, 2.75) is 12.8 Å². The monoisotopic (exact) mass is 348 g/mol. The zero-order chi connectivity index (χ0) is 17.9. The fraction of sp³-hybridized carbons (Fsp3) is 0.150. The second-order valence-corrected chi connectivity index (χ2v) is 6.14. The molecule has 0 bridgehead atoms. The number of amides is 1. The highest BCUT2D eigenvalue weighted by atomic mass is 19.1. The highest BCUT2D eigenvalue weighted by Crippen LogP contribution is 2.11. The molecule has 2 aromatic heterocycles. The summed E-state index contributed by atoms with van der Waals surface area (Å²) in [7, 11) is 0. The topological polar surface area (TPSA) is 70.1 Å². The van der Waals surface area contributed by atoms with E-state index in [1.807, 2.05) is 12.3 Å². The van der Waals surface area contributed by atoms with Crippen LogP contribution in [-0.2, 0) is 6.42 Å². The molecule has 5 nitrogen and oxygen atoms in total. The second kappa shape index (κ2) is 6.92. The minimum Gasteiger partial charge on any atom is -0.346 e. The van der Waals surface area contributed by atoms with Crippen LogP contribution in [0.15, 0.2) is 53.8 Å². The van der Waals surface area contributed by atoms with Gasteiger partial charge in [0.15, 0.2) is 0 Å². The molecule has 3 heterocycles. The van der Waals surface area contributed by atoms with Crippen LogP contribution in [-0.4, -0.2) is 22.4 Å². The van der Waals surface area contributed by atoms with E-state index in [0.717, 1.165) is 30.4 Å². The van der Waals surface area contributed by atoms with Crippen LogP contribution in [0, 0.1) is 5.82 Å². The number of nitrogens with zero attached hydrogens (tertiary/aromatic N) is 2. The zero-order valence-corrected chi connectivity index (χ0v) is 14.0. The number of H-pyrrole nitrogens is 1. The fourth-order valence-corrected chi connectivity index (χ4v) is 2.97. The maximum atomic E-state index is 12.9. The standard InChI is InChI=1S/C20H17FN4O/c21-16-6-4-14(5-7-16)20(26)25-18-8-3-13(11-23-18)10-15-12-24-19-17(15)2-1-9-22-19/h2-8,11-12H,1,9-10H2,(H,22,24)(H,23,25,26). The third-order valence-electron chi connectivity index (χ3n) is 4.30. The van der Waals surface area contributed by atoms with Crippen molar-refractivity contribution in [3.8, 4) is 0 Å².